The van der Waals surface area contributed by atoms with E-state index in [-0.39, 0.29) is 5.91 Å². The highest BCUT2D eigenvalue weighted by molar-refractivity contribution is 5.92. The van der Waals surface area contributed by atoms with Crippen molar-refractivity contribution < 1.29 is 4.79 Å². The lowest BCUT2D eigenvalue weighted by molar-refractivity contribution is -0.118. The third-order valence-corrected chi connectivity index (χ3v) is 3.26. The molecule has 2 N–H and O–H groups in total. The van der Waals surface area contributed by atoms with E-state index in [1.54, 1.807) is 24.3 Å². The van der Waals surface area contributed by atoms with Gasteiger partial charge in [-0.15, -0.1) is 0 Å². The predicted molar refractivity (Wildman–Crippen MR) is 73.7 cm³/mol. The molecule has 1 atom stereocenters. The number of hydrogen-bond donors (Lipinski definition) is 2. The second-order valence-electron chi connectivity index (χ2n) is 4.76. The van der Waals surface area contributed by atoms with Gasteiger partial charge in [0, 0.05) is 31.4 Å². The van der Waals surface area contributed by atoms with Crippen molar-refractivity contribution in [3.8, 4) is 6.07 Å². The SMILES string of the molecule is C[C@H]1CNCCN1CC(=O)Nc1cccc(C#N)c1. The second-order valence-corrected chi connectivity index (χ2v) is 4.76. The van der Waals surface area contributed by atoms with Crippen LogP contribution in [0.1, 0.15) is 12.5 Å². The van der Waals surface area contributed by atoms with Crippen LogP contribution in [0.5, 0.6) is 0 Å². The third kappa shape index (κ3) is 3.78. The molecule has 0 aromatic heterocycles. The lowest BCUT2D eigenvalue weighted by atomic mass is 10.2. The number of nitrogens with one attached hydrogen (secondary N) is 2. The largest absolute Gasteiger partial charge is 0.325 e. The first-order valence-corrected chi connectivity index (χ1v) is 6.44. The molecular formula is C14H18N4O. The molecule has 5 heteroatoms. The highest BCUT2D eigenvalue weighted by atomic mass is 16.2. The van der Waals surface area contributed by atoms with E-state index in [0.29, 0.717) is 23.8 Å². The van der Waals surface area contributed by atoms with Crippen LogP contribution in [-0.4, -0.2) is 43.0 Å². The molecule has 0 spiro atoms. The summed E-state index contributed by atoms with van der Waals surface area (Å²) in [5.74, 6) is -0.0381. The van der Waals surface area contributed by atoms with Gasteiger partial charge < -0.3 is 10.6 Å². The molecule has 0 bridgehead atoms. The van der Waals surface area contributed by atoms with E-state index < -0.39 is 0 Å². The zero-order valence-electron chi connectivity index (χ0n) is 11.0. The molecule has 1 saturated heterocycles. The summed E-state index contributed by atoms with van der Waals surface area (Å²) in [6.45, 7) is 5.21. The number of anilines is 1. The van der Waals surface area contributed by atoms with Crippen molar-refractivity contribution in [3.63, 3.8) is 0 Å². The Morgan fingerprint density at radius 2 is 2.47 bits per heavy atom. The molecule has 0 radical (unpaired) electrons. The molecule has 0 unspecified atom stereocenters. The molecule has 1 aliphatic heterocycles. The van der Waals surface area contributed by atoms with Crippen molar-refractivity contribution in [3.05, 3.63) is 29.8 Å². The normalized spacial score (nSPS) is 19.7. The Bertz CT molecular complexity index is 494. The molecule has 1 amide bonds. The molecule has 19 heavy (non-hydrogen) atoms. The Labute approximate surface area is 113 Å². The second kappa shape index (κ2) is 6.32. The highest BCUT2D eigenvalue weighted by Crippen LogP contribution is 2.10. The monoisotopic (exact) mass is 258 g/mol. The number of amides is 1. The van der Waals surface area contributed by atoms with Crippen LogP contribution < -0.4 is 10.6 Å². The van der Waals surface area contributed by atoms with Crippen LogP contribution in [0.4, 0.5) is 5.69 Å². The van der Waals surface area contributed by atoms with Gasteiger partial charge in [0.2, 0.25) is 5.91 Å². The van der Waals surface area contributed by atoms with Crippen LogP contribution in [0.25, 0.3) is 0 Å². The fourth-order valence-electron chi connectivity index (χ4n) is 2.17. The van der Waals surface area contributed by atoms with Gasteiger partial charge in [0.15, 0.2) is 0 Å². The number of rotatable bonds is 3. The minimum Gasteiger partial charge on any atom is -0.325 e. The topological polar surface area (TPSA) is 68.2 Å². The van der Waals surface area contributed by atoms with Crippen molar-refractivity contribution in [1.82, 2.24) is 10.2 Å². The highest BCUT2D eigenvalue weighted by Gasteiger charge is 2.20. The van der Waals surface area contributed by atoms with Crippen molar-refractivity contribution in [1.29, 1.82) is 5.26 Å². The molecule has 0 aliphatic carbocycles. The van der Waals surface area contributed by atoms with E-state index in [9.17, 15) is 4.79 Å². The fourth-order valence-corrected chi connectivity index (χ4v) is 2.17. The van der Waals surface area contributed by atoms with Gasteiger partial charge in [0.25, 0.3) is 0 Å². The lowest BCUT2D eigenvalue weighted by Crippen LogP contribution is -2.51. The first-order chi connectivity index (χ1) is 9.19. The molecule has 5 nitrogen and oxygen atoms in total. The van der Waals surface area contributed by atoms with Gasteiger partial charge in [-0.1, -0.05) is 6.07 Å². The number of carbonyl (C=O) groups excluding carboxylic acids is 1. The number of nitriles is 1. The molecular weight excluding hydrogens is 240 g/mol. The number of hydrogen-bond acceptors (Lipinski definition) is 4. The van der Waals surface area contributed by atoms with E-state index in [1.807, 2.05) is 0 Å². The summed E-state index contributed by atoms with van der Waals surface area (Å²) in [4.78, 5) is 14.1. The quantitative estimate of drug-likeness (QED) is 0.841. The van der Waals surface area contributed by atoms with Gasteiger partial charge in [0.1, 0.15) is 0 Å². The summed E-state index contributed by atoms with van der Waals surface area (Å²) in [6.07, 6.45) is 0. The van der Waals surface area contributed by atoms with Crippen molar-refractivity contribution in [2.45, 2.75) is 13.0 Å². The van der Waals surface area contributed by atoms with Crippen LogP contribution in [0.15, 0.2) is 24.3 Å². The minimum atomic E-state index is -0.0381. The van der Waals surface area contributed by atoms with Crippen LogP contribution in [-0.2, 0) is 4.79 Å². The van der Waals surface area contributed by atoms with Crippen LogP contribution in [0.3, 0.4) is 0 Å². The number of carbonyl (C=O) groups is 1. The third-order valence-electron chi connectivity index (χ3n) is 3.26. The average Bonchev–Trinajstić information content (AvgIpc) is 2.41. The van der Waals surface area contributed by atoms with Gasteiger partial charge >= 0.3 is 0 Å². The first kappa shape index (κ1) is 13.5. The van der Waals surface area contributed by atoms with E-state index in [2.05, 4.69) is 28.5 Å². The van der Waals surface area contributed by atoms with E-state index in [4.69, 9.17) is 5.26 Å². The van der Waals surface area contributed by atoms with Crippen LogP contribution >= 0.6 is 0 Å². The smallest absolute Gasteiger partial charge is 0.238 e. The summed E-state index contributed by atoms with van der Waals surface area (Å²) in [6, 6.07) is 9.38. The van der Waals surface area contributed by atoms with Crippen molar-refractivity contribution in [2.24, 2.45) is 0 Å². The summed E-state index contributed by atoms with van der Waals surface area (Å²) in [7, 11) is 0. The standard InChI is InChI=1S/C14H18N4O/c1-11-9-16-5-6-18(11)10-14(19)17-13-4-2-3-12(7-13)8-15/h2-4,7,11,16H,5-6,9-10H2,1H3,(H,17,19)/t11-/m0/s1. The van der Waals surface area contributed by atoms with Gasteiger partial charge in [-0.05, 0) is 25.1 Å². The van der Waals surface area contributed by atoms with Gasteiger partial charge in [-0.2, -0.15) is 5.26 Å². The maximum Gasteiger partial charge on any atom is 0.238 e. The molecule has 1 aliphatic rings. The molecule has 1 fully saturated rings. The number of benzene rings is 1. The molecule has 1 aromatic rings. The fraction of sp³-hybridized carbons (Fsp3) is 0.429. The molecule has 1 aromatic carbocycles. The maximum atomic E-state index is 12.0. The summed E-state index contributed by atoms with van der Waals surface area (Å²) < 4.78 is 0. The zero-order valence-corrected chi connectivity index (χ0v) is 11.0. The lowest BCUT2D eigenvalue weighted by Gasteiger charge is -2.33. The van der Waals surface area contributed by atoms with Gasteiger partial charge in [-0.25, -0.2) is 0 Å². The van der Waals surface area contributed by atoms with Crippen LogP contribution in [0, 0.1) is 11.3 Å². The summed E-state index contributed by atoms with van der Waals surface area (Å²) in [5, 5.41) is 14.9. The van der Waals surface area contributed by atoms with Crippen molar-refractivity contribution >= 4 is 11.6 Å². The Balaban J connectivity index is 1.91. The predicted octanol–water partition coefficient (Wildman–Crippen LogP) is 0.790. The maximum absolute atomic E-state index is 12.0. The summed E-state index contributed by atoms with van der Waals surface area (Å²) >= 11 is 0. The van der Waals surface area contributed by atoms with Gasteiger partial charge in [0.05, 0.1) is 18.2 Å². The Hall–Kier alpha value is -1.90. The molecule has 1 heterocycles. The van der Waals surface area contributed by atoms with E-state index >= 15 is 0 Å². The molecule has 100 valence electrons. The zero-order chi connectivity index (χ0) is 13.7. The summed E-state index contributed by atoms with van der Waals surface area (Å²) in [5.41, 5.74) is 1.22. The van der Waals surface area contributed by atoms with Crippen LogP contribution in [0.2, 0.25) is 0 Å². The molecule has 2 rings (SSSR count). The Morgan fingerprint density at radius 3 is 3.21 bits per heavy atom. The van der Waals surface area contributed by atoms with Gasteiger partial charge in [-0.3, -0.25) is 9.69 Å². The minimum absolute atomic E-state index is 0.0381. The number of piperazine rings is 1. The number of nitrogens with zero attached hydrogens (tertiary/aromatic N) is 2. The Kier molecular flexibility index (Phi) is 4.50. The molecule has 0 saturated carbocycles. The van der Waals surface area contributed by atoms with E-state index in [1.165, 1.54) is 0 Å². The van der Waals surface area contributed by atoms with Crippen molar-refractivity contribution in [2.75, 3.05) is 31.5 Å². The first-order valence-electron chi connectivity index (χ1n) is 6.44. The Morgan fingerprint density at radius 1 is 1.63 bits per heavy atom. The van der Waals surface area contributed by atoms with E-state index in [0.717, 1.165) is 19.6 Å². The average molecular weight is 258 g/mol.